The van der Waals surface area contributed by atoms with Crippen LogP contribution in [-0.2, 0) is 6.54 Å². The largest absolute Gasteiger partial charge is 0.313 e. The van der Waals surface area contributed by atoms with Gasteiger partial charge in [0.2, 0.25) is 0 Å². The highest BCUT2D eigenvalue weighted by Crippen LogP contribution is 2.16. The van der Waals surface area contributed by atoms with Gasteiger partial charge in [-0.05, 0) is 13.3 Å². The van der Waals surface area contributed by atoms with Gasteiger partial charge < -0.3 is 4.98 Å². The Labute approximate surface area is 93.2 Å². The molecule has 0 saturated heterocycles. The second-order valence-corrected chi connectivity index (χ2v) is 3.70. The highest BCUT2D eigenvalue weighted by atomic mass is 16.1. The average molecular weight is 218 g/mol. The van der Waals surface area contributed by atoms with Crippen molar-refractivity contribution in [3.05, 3.63) is 34.6 Å². The van der Waals surface area contributed by atoms with E-state index >= 15 is 0 Å². The van der Waals surface area contributed by atoms with E-state index in [0.717, 1.165) is 18.5 Å². The lowest BCUT2D eigenvalue weighted by Gasteiger charge is -1.99. The molecule has 0 atom stereocenters. The summed E-state index contributed by atoms with van der Waals surface area (Å²) in [5, 5.41) is 4.22. The normalized spacial score (nSPS) is 10.6. The van der Waals surface area contributed by atoms with Gasteiger partial charge in [0.1, 0.15) is 0 Å². The van der Waals surface area contributed by atoms with Crippen LogP contribution in [0.2, 0.25) is 0 Å². The molecule has 16 heavy (non-hydrogen) atoms. The molecule has 2 aromatic rings. The molecule has 2 aromatic heterocycles. The molecule has 0 spiro atoms. The summed E-state index contributed by atoms with van der Waals surface area (Å²) >= 11 is 0. The van der Waals surface area contributed by atoms with Crippen LogP contribution < -0.4 is 5.56 Å². The summed E-state index contributed by atoms with van der Waals surface area (Å²) in [6, 6.07) is 0. The zero-order valence-electron chi connectivity index (χ0n) is 9.40. The van der Waals surface area contributed by atoms with Crippen LogP contribution in [0.25, 0.3) is 11.3 Å². The second kappa shape index (κ2) is 4.30. The zero-order valence-corrected chi connectivity index (χ0v) is 9.40. The summed E-state index contributed by atoms with van der Waals surface area (Å²) in [5.74, 6) is 0. The summed E-state index contributed by atoms with van der Waals surface area (Å²) in [6.45, 7) is 4.73. The highest BCUT2D eigenvalue weighted by molar-refractivity contribution is 5.60. The fourth-order valence-electron chi connectivity index (χ4n) is 1.60. The topological polar surface area (TPSA) is 63.6 Å². The quantitative estimate of drug-likeness (QED) is 0.845. The van der Waals surface area contributed by atoms with Crippen molar-refractivity contribution in [2.24, 2.45) is 0 Å². The first-order valence-corrected chi connectivity index (χ1v) is 5.29. The number of nitrogens with zero attached hydrogens (tertiary/aromatic N) is 3. The standard InChI is InChI=1S/C11H14N4O/c1-3-4-15-6-9(5-14-15)10-8(2)11(16)13-7-12-10/h5-7H,3-4H2,1-2H3,(H,12,13,16). The number of aromatic nitrogens is 4. The predicted molar refractivity (Wildman–Crippen MR) is 61.1 cm³/mol. The number of rotatable bonds is 3. The Kier molecular flexibility index (Phi) is 2.85. The van der Waals surface area contributed by atoms with Gasteiger partial charge in [-0.3, -0.25) is 9.48 Å². The molecule has 0 fully saturated rings. The van der Waals surface area contributed by atoms with Crippen LogP contribution in [0.1, 0.15) is 18.9 Å². The van der Waals surface area contributed by atoms with Crippen molar-refractivity contribution in [2.45, 2.75) is 26.8 Å². The van der Waals surface area contributed by atoms with E-state index in [9.17, 15) is 4.79 Å². The van der Waals surface area contributed by atoms with Crippen molar-refractivity contribution in [2.75, 3.05) is 0 Å². The molecule has 0 aliphatic carbocycles. The van der Waals surface area contributed by atoms with Crippen molar-refractivity contribution in [1.29, 1.82) is 0 Å². The molecule has 2 heterocycles. The smallest absolute Gasteiger partial charge is 0.254 e. The summed E-state index contributed by atoms with van der Waals surface area (Å²) in [7, 11) is 0. The van der Waals surface area contributed by atoms with Crippen molar-refractivity contribution in [1.82, 2.24) is 19.7 Å². The number of hydrogen-bond donors (Lipinski definition) is 1. The summed E-state index contributed by atoms with van der Waals surface area (Å²) in [4.78, 5) is 18.1. The molecule has 84 valence electrons. The van der Waals surface area contributed by atoms with Gasteiger partial charge >= 0.3 is 0 Å². The Morgan fingerprint density at radius 1 is 1.50 bits per heavy atom. The van der Waals surface area contributed by atoms with Crippen molar-refractivity contribution >= 4 is 0 Å². The minimum atomic E-state index is -0.103. The van der Waals surface area contributed by atoms with Gasteiger partial charge in [0, 0.05) is 23.9 Å². The van der Waals surface area contributed by atoms with Gasteiger partial charge in [-0.1, -0.05) is 6.92 Å². The second-order valence-electron chi connectivity index (χ2n) is 3.70. The lowest BCUT2D eigenvalue weighted by Crippen LogP contribution is -2.11. The fraction of sp³-hybridized carbons (Fsp3) is 0.364. The molecule has 0 aliphatic rings. The Morgan fingerprint density at radius 2 is 2.31 bits per heavy atom. The molecule has 2 rings (SSSR count). The van der Waals surface area contributed by atoms with Crippen LogP contribution in [0.5, 0.6) is 0 Å². The third-order valence-electron chi connectivity index (χ3n) is 2.44. The third kappa shape index (κ3) is 1.88. The lowest BCUT2D eigenvalue weighted by molar-refractivity contribution is 0.603. The highest BCUT2D eigenvalue weighted by Gasteiger charge is 2.08. The molecule has 0 radical (unpaired) electrons. The van der Waals surface area contributed by atoms with E-state index in [2.05, 4.69) is 22.0 Å². The fourth-order valence-corrected chi connectivity index (χ4v) is 1.60. The monoisotopic (exact) mass is 218 g/mol. The van der Waals surface area contributed by atoms with Crippen LogP contribution in [0, 0.1) is 6.92 Å². The van der Waals surface area contributed by atoms with Crippen molar-refractivity contribution in [3.8, 4) is 11.3 Å². The number of nitrogens with one attached hydrogen (secondary N) is 1. The van der Waals surface area contributed by atoms with Crippen LogP contribution in [0.15, 0.2) is 23.5 Å². The molecular formula is C11H14N4O. The van der Waals surface area contributed by atoms with Crippen molar-refractivity contribution < 1.29 is 0 Å². The first-order valence-electron chi connectivity index (χ1n) is 5.29. The summed E-state index contributed by atoms with van der Waals surface area (Å²) in [6.07, 6.45) is 6.10. The van der Waals surface area contributed by atoms with Gasteiger partial charge in [0.15, 0.2) is 0 Å². The van der Waals surface area contributed by atoms with Gasteiger partial charge in [0.25, 0.3) is 5.56 Å². The predicted octanol–water partition coefficient (Wildman–Crippen LogP) is 1.35. The van der Waals surface area contributed by atoms with E-state index in [1.54, 1.807) is 13.1 Å². The molecule has 0 saturated carbocycles. The summed E-state index contributed by atoms with van der Waals surface area (Å²) in [5.41, 5.74) is 2.11. The van der Waals surface area contributed by atoms with Gasteiger partial charge in [-0.2, -0.15) is 5.10 Å². The van der Waals surface area contributed by atoms with Gasteiger partial charge in [-0.25, -0.2) is 4.98 Å². The Bertz CT molecular complexity index is 541. The van der Waals surface area contributed by atoms with E-state index in [0.29, 0.717) is 11.3 Å². The van der Waals surface area contributed by atoms with E-state index < -0.39 is 0 Å². The van der Waals surface area contributed by atoms with Crippen LogP contribution in [0.4, 0.5) is 0 Å². The maximum atomic E-state index is 11.4. The Hall–Kier alpha value is -1.91. The number of aromatic amines is 1. The molecule has 5 heteroatoms. The van der Waals surface area contributed by atoms with E-state index in [1.807, 2.05) is 10.9 Å². The first kappa shape index (κ1) is 10.6. The Balaban J connectivity index is 2.42. The molecule has 5 nitrogen and oxygen atoms in total. The molecule has 0 aliphatic heterocycles. The summed E-state index contributed by atoms with van der Waals surface area (Å²) < 4.78 is 1.86. The third-order valence-corrected chi connectivity index (χ3v) is 2.44. The van der Waals surface area contributed by atoms with E-state index in [-0.39, 0.29) is 5.56 Å². The molecule has 0 aromatic carbocycles. The minimum absolute atomic E-state index is 0.103. The molecular weight excluding hydrogens is 204 g/mol. The lowest BCUT2D eigenvalue weighted by atomic mass is 10.1. The van der Waals surface area contributed by atoms with Crippen LogP contribution in [0.3, 0.4) is 0 Å². The first-order chi connectivity index (χ1) is 7.72. The number of H-pyrrole nitrogens is 1. The van der Waals surface area contributed by atoms with E-state index in [1.165, 1.54) is 6.33 Å². The Morgan fingerprint density at radius 3 is 3.06 bits per heavy atom. The molecule has 0 bridgehead atoms. The van der Waals surface area contributed by atoms with Gasteiger partial charge in [-0.15, -0.1) is 0 Å². The molecule has 0 unspecified atom stereocenters. The zero-order chi connectivity index (χ0) is 11.5. The maximum absolute atomic E-state index is 11.4. The maximum Gasteiger partial charge on any atom is 0.254 e. The average Bonchev–Trinajstić information content (AvgIpc) is 2.71. The van der Waals surface area contributed by atoms with Crippen molar-refractivity contribution in [3.63, 3.8) is 0 Å². The van der Waals surface area contributed by atoms with Crippen LogP contribution in [-0.4, -0.2) is 19.7 Å². The minimum Gasteiger partial charge on any atom is -0.313 e. The number of hydrogen-bond acceptors (Lipinski definition) is 3. The molecule has 1 N–H and O–H groups in total. The van der Waals surface area contributed by atoms with Gasteiger partial charge in [0.05, 0.1) is 18.2 Å². The number of aryl methyl sites for hydroxylation is 1. The molecule has 0 amide bonds. The SMILES string of the molecule is CCCn1cc(-c2nc[nH]c(=O)c2C)cn1. The van der Waals surface area contributed by atoms with Crippen LogP contribution >= 0.6 is 0 Å². The van der Waals surface area contributed by atoms with E-state index in [4.69, 9.17) is 0 Å².